The zero-order valence-corrected chi connectivity index (χ0v) is 13.4. The van der Waals surface area contributed by atoms with E-state index in [4.69, 9.17) is 4.42 Å². The number of furan rings is 1. The van der Waals surface area contributed by atoms with Crippen molar-refractivity contribution in [2.45, 2.75) is 11.4 Å². The highest BCUT2D eigenvalue weighted by Crippen LogP contribution is 2.22. The van der Waals surface area contributed by atoms with Crippen molar-refractivity contribution >= 4 is 31.9 Å². The lowest BCUT2D eigenvalue weighted by atomic mass is 10.2. The molecule has 0 aliphatic heterocycles. The number of carbonyl (C=O) groups excluding carboxylic acids is 1. The van der Waals surface area contributed by atoms with E-state index in [0.29, 0.717) is 10.2 Å². The summed E-state index contributed by atoms with van der Waals surface area (Å²) in [7, 11) is -2.53. The van der Waals surface area contributed by atoms with E-state index in [-0.39, 0.29) is 17.0 Å². The molecule has 0 saturated carbocycles. The molecule has 1 aromatic carbocycles. The molecule has 8 heteroatoms. The SMILES string of the molecule is COC(=O)c1cc(S(=O)(=O)NCc2ccco2)ccc1Br. The summed E-state index contributed by atoms with van der Waals surface area (Å²) in [6.45, 7) is 0.0267. The third kappa shape index (κ3) is 3.72. The molecule has 21 heavy (non-hydrogen) atoms. The average Bonchev–Trinajstić information content (AvgIpc) is 2.98. The summed E-state index contributed by atoms with van der Waals surface area (Å²) in [5.41, 5.74) is 0.137. The number of carbonyl (C=O) groups is 1. The van der Waals surface area contributed by atoms with Gasteiger partial charge >= 0.3 is 5.97 Å². The van der Waals surface area contributed by atoms with E-state index in [0.717, 1.165) is 0 Å². The predicted molar refractivity (Wildman–Crippen MR) is 78.2 cm³/mol. The molecule has 1 aromatic heterocycles. The molecule has 0 aliphatic carbocycles. The molecule has 6 nitrogen and oxygen atoms in total. The Balaban J connectivity index is 2.25. The molecule has 0 fully saturated rings. The topological polar surface area (TPSA) is 85.6 Å². The Labute approximate surface area is 130 Å². The molecule has 0 spiro atoms. The molecular formula is C13H12BrNO5S. The van der Waals surface area contributed by atoms with Crippen LogP contribution in [0.25, 0.3) is 0 Å². The van der Waals surface area contributed by atoms with Gasteiger partial charge in [0.1, 0.15) is 5.76 Å². The zero-order chi connectivity index (χ0) is 15.5. The number of esters is 1. The third-order valence-electron chi connectivity index (χ3n) is 2.67. The Morgan fingerprint density at radius 3 is 2.76 bits per heavy atom. The first kappa shape index (κ1) is 15.7. The van der Waals surface area contributed by atoms with Gasteiger partial charge in [-0.1, -0.05) is 0 Å². The number of rotatable bonds is 5. The number of hydrogen-bond acceptors (Lipinski definition) is 5. The van der Waals surface area contributed by atoms with Crippen molar-refractivity contribution in [3.63, 3.8) is 0 Å². The van der Waals surface area contributed by atoms with Crippen LogP contribution in [0.5, 0.6) is 0 Å². The van der Waals surface area contributed by atoms with E-state index in [1.165, 1.54) is 31.6 Å². The summed E-state index contributed by atoms with van der Waals surface area (Å²) in [6.07, 6.45) is 1.46. The predicted octanol–water partition coefficient (Wildman–Crippen LogP) is 2.31. The number of halogens is 1. The highest BCUT2D eigenvalue weighted by Gasteiger charge is 2.19. The second-order valence-electron chi connectivity index (χ2n) is 4.04. The van der Waals surface area contributed by atoms with E-state index in [2.05, 4.69) is 25.4 Å². The fourth-order valence-electron chi connectivity index (χ4n) is 1.60. The molecule has 112 valence electrons. The highest BCUT2D eigenvalue weighted by molar-refractivity contribution is 9.10. The molecule has 0 atom stereocenters. The van der Waals surface area contributed by atoms with Crippen LogP contribution in [0.3, 0.4) is 0 Å². The number of methoxy groups -OCH3 is 1. The van der Waals surface area contributed by atoms with Crippen molar-refractivity contribution in [3.05, 3.63) is 52.4 Å². The number of hydrogen-bond donors (Lipinski definition) is 1. The lowest BCUT2D eigenvalue weighted by molar-refractivity contribution is 0.0599. The maximum Gasteiger partial charge on any atom is 0.339 e. The van der Waals surface area contributed by atoms with Crippen LogP contribution in [-0.4, -0.2) is 21.5 Å². The zero-order valence-electron chi connectivity index (χ0n) is 11.0. The Morgan fingerprint density at radius 2 is 2.14 bits per heavy atom. The van der Waals surface area contributed by atoms with E-state index in [9.17, 15) is 13.2 Å². The van der Waals surface area contributed by atoms with E-state index in [1.807, 2.05) is 0 Å². The first-order valence-electron chi connectivity index (χ1n) is 5.84. The lowest BCUT2D eigenvalue weighted by Gasteiger charge is -2.08. The van der Waals surface area contributed by atoms with Gasteiger partial charge in [-0.2, -0.15) is 0 Å². The lowest BCUT2D eigenvalue weighted by Crippen LogP contribution is -2.23. The summed E-state index contributed by atoms with van der Waals surface area (Å²) in [5.74, 6) is -0.131. The maximum absolute atomic E-state index is 12.2. The van der Waals surface area contributed by atoms with Gasteiger partial charge in [-0.15, -0.1) is 0 Å². The molecule has 0 amide bonds. The molecular weight excluding hydrogens is 362 g/mol. The fourth-order valence-corrected chi connectivity index (χ4v) is 3.03. The van der Waals surface area contributed by atoms with Gasteiger partial charge in [-0.05, 0) is 46.3 Å². The molecule has 0 radical (unpaired) electrons. The first-order chi connectivity index (χ1) is 9.94. The Bertz CT molecular complexity index is 740. The monoisotopic (exact) mass is 373 g/mol. The van der Waals surface area contributed by atoms with Crippen molar-refractivity contribution in [2.24, 2.45) is 0 Å². The van der Waals surface area contributed by atoms with E-state index in [1.54, 1.807) is 12.1 Å². The minimum Gasteiger partial charge on any atom is -0.468 e. The standard InChI is InChI=1S/C13H12BrNO5S/c1-19-13(16)11-7-10(4-5-12(11)14)21(17,18)15-8-9-3-2-6-20-9/h2-7,15H,8H2,1H3. The molecule has 1 heterocycles. The van der Waals surface area contributed by atoms with Crippen LogP contribution in [-0.2, 0) is 21.3 Å². The summed E-state index contributed by atoms with van der Waals surface area (Å²) in [6, 6.07) is 7.44. The molecule has 2 aromatic rings. The average molecular weight is 374 g/mol. The van der Waals surface area contributed by atoms with Crippen molar-refractivity contribution < 1.29 is 22.4 Å². The van der Waals surface area contributed by atoms with Crippen LogP contribution in [0.2, 0.25) is 0 Å². The van der Waals surface area contributed by atoms with Crippen LogP contribution in [0.1, 0.15) is 16.1 Å². The number of benzene rings is 1. The summed E-state index contributed by atoms with van der Waals surface area (Å²) in [5, 5.41) is 0. The van der Waals surface area contributed by atoms with Gasteiger partial charge in [0.15, 0.2) is 0 Å². The summed E-state index contributed by atoms with van der Waals surface area (Å²) < 4.78 is 36.9. The summed E-state index contributed by atoms with van der Waals surface area (Å²) >= 11 is 3.18. The largest absolute Gasteiger partial charge is 0.468 e. The van der Waals surface area contributed by atoms with Gasteiger partial charge < -0.3 is 9.15 Å². The van der Waals surface area contributed by atoms with Gasteiger partial charge in [0.25, 0.3) is 0 Å². The fraction of sp³-hybridized carbons (Fsp3) is 0.154. The van der Waals surface area contributed by atoms with Gasteiger partial charge in [0.05, 0.1) is 30.4 Å². The van der Waals surface area contributed by atoms with Crippen molar-refractivity contribution in [3.8, 4) is 0 Å². The molecule has 1 N–H and O–H groups in total. The molecule has 0 saturated heterocycles. The second-order valence-corrected chi connectivity index (χ2v) is 6.66. The third-order valence-corrected chi connectivity index (χ3v) is 4.76. The van der Waals surface area contributed by atoms with Crippen LogP contribution in [0.4, 0.5) is 0 Å². The molecule has 2 rings (SSSR count). The smallest absolute Gasteiger partial charge is 0.339 e. The second kappa shape index (κ2) is 6.42. The Kier molecular flexibility index (Phi) is 4.81. The highest BCUT2D eigenvalue weighted by atomic mass is 79.9. The number of sulfonamides is 1. The first-order valence-corrected chi connectivity index (χ1v) is 8.11. The maximum atomic E-state index is 12.2. The molecule has 0 unspecified atom stereocenters. The Morgan fingerprint density at radius 1 is 1.38 bits per heavy atom. The van der Waals surface area contributed by atoms with Crippen LogP contribution >= 0.6 is 15.9 Å². The van der Waals surface area contributed by atoms with Gasteiger partial charge in [0, 0.05) is 4.47 Å². The van der Waals surface area contributed by atoms with Crippen molar-refractivity contribution in [2.75, 3.05) is 7.11 Å². The summed E-state index contributed by atoms with van der Waals surface area (Å²) in [4.78, 5) is 11.5. The van der Waals surface area contributed by atoms with Crippen LogP contribution < -0.4 is 4.72 Å². The minimum atomic E-state index is -3.76. The van der Waals surface area contributed by atoms with E-state index >= 15 is 0 Å². The van der Waals surface area contributed by atoms with Crippen LogP contribution in [0.15, 0.2) is 50.4 Å². The molecule has 0 bridgehead atoms. The molecule has 0 aliphatic rings. The Hall–Kier alpha value is -1.64. The van der Waals surface area contributed by atoms with Gasteiger partial charge in [-0.25, -0.2) is 17.9 Å². The number of ether oxygens (including phenoxy) is 1. The van der Waals surface area contributed by atoms with Crippen LogP contribution in [0, 0.1) is 0 Å². The van der Waals surface area contributed by atoms with Crippen molar-refractivity contribution in [1.82, 2.24) is 4.72 Å². The minimum absolute atomic E-state index is 0.0267. The van der Waals surface area contributed by atoms with Gasteiger partial charge in [0.2, 0.25) is 10.0 Å². The normalized spacial score (nSPS) is 11.3. The van der Waals surface area contributed by atoms with E-state index < -0.39 is 16.0 Å². The van der Waals surface area contributed by atoms with Crippen molar-refractivity contribution in [1.29, 1.82) is 0 Å². The number of nitrogens with one attached hydrogen (secondary N) is 1. The quantitative estimate of drug-likeness (QED) is 0.812. The van der Waals surface area contributed by atoms with Gasteiger partial charge in [-0.3, -0.25) is 0 Å².